The van der Waals surface area contributed by atoms with Crippen LogP contribution in [-0.2, 0) is 32.2 Å². The van der Waals surface area contributed by atoms with Crippen LogP contribution in [-0.4, -0.2) is 71.3 Å². The molecule has 1 saturated carbocycles. The number of aliphatic hydroxyl groups excluding tert-OH is 1. The fourth-order valence-electron chi connectivity index (χ4n) is 6.46. The number of hydrogen-bond acceptors (Lipinski definition) is 8. The maximum Gasteiger partial charge on any atom is 0.410 e. The third-order valence-electron chi connectivity index (χ3n) is 8.54. The molecule has 2 aromatic carbocycles. The molecule has 1 N–H and O–H groups in total. The van der Waals surface area contributed by atoms with Crippen molar-refractivity contribution >= 4 is 12.1 Å². The predicted octanol–water partition coefficient (Wildman–Crippen LogP) is 6.02. The number of alkyl halides is 1. The molecule has 2 fully saturated rings. The molecule has 45 heavy (non-hydrogen) atoms. The maximum absolute atomic E-state index is 15.1. The molecular weight excluding hydrogens is 585 g/mol. The summed E-state index contributed by atoms with van der Waals surface area (Å²) in [6.07, 6.45) is -4.17. The fraction of sp³-hybridized carbons (Fsp3) is 0.548. The van der Waals surface area contributed by atoms with Gasteiger partial charge in [-0.15, -0.1) is 0 Å². The summed E-state index contributed by atoms with van der Waals surface area (Å²) in [5.41, 5.74) is 19.9. The van der Waals surface area contributed by atoms with E-state index in [0.717, 1.165) is 11.1 Å². The van der Waals surface area contributed by atoms with Crippen LogP contribution in [0.15, 0.2) is 70.9 Å². The molecule has 13 nitrogen and oxygen atoms in total. The highest BCUT2D eigenvalue weighted by Gasteiger charge is 2.51. The van der Waals surface area contributed by atoms with E-state index < -0.39 is 67.2 Å². The van der Waals surface area contributed by atoms with Crippen LogP contribution < -0.4 is 0 Å². The molecule has 4 rings (SSSR count). The fourth-order valence-corrected chi connectivity index (χ4v) is 6.46. The van der Waals surface area contributed by atoms with Crippen molar-refractivity contribution in [3.05, 3.63) is 92.7 Å². The van der Waals surface area contributed by atoms with E-state index in [1.807, 2.05) is 67.6 Å². The van der Waals surface area contributed by atoms with Gasteiger partial charge in [-0.05, 0) is 47.4 Å². The van der Waals surface area contributed by atoms with Crippen molar-refractivity contribution in [3.63, 3.8) is 0 Å². The van der Waals surface area contributed by atoms with Crippen LogP contribution >= 0.6 is 0 Å². The number of amides is 1. The molecule has 0 spiro atoms. The van der Waals surface area contributed by atoms with Gasteiger partial charge in [-0.1, -0.05) is 77.8 Å². The first-order chi connectivity index (χ1) is 21.8. The van der Waals surface area contributed by atoms with E-state index in [-0.39, 0.29) is 31.9 Å². The normalized spacial score (nSPS) is 28.4. The van der Waals surface area contributed by atoms with E-state index in [4.69, 9.17) is 19.7 Å². The van der Waals surface area contributed by atoms with E-state index in [0.29, 0.717) is 6.42 Å². The number of ether oxygens (including phenoxy) is 3. The largest absolute Gasteiger partial charge is 0.459 e. The number of hydrogen-bond donors (Lipinski definition) is 1. The Morgan fingerprint density at radius 1 is 1.04 bits per heavy atom. The van der Waals surface area contributed by atoms with Crippen LogP contribution in [0.4, 0.5) is 9.18 Å². The van der Waals surface area contributed by atoms with Crippen molar-refractivity contribution < 1.29 is 33.3 Å². The van der Waals surface area contributed by atoms with Gasteiger partial charge in [0.05, 0.1) is 36.4 Å². The summed E-state index contributed by atoms with van der Waals surface area (Å²) in [5, 5.41) is 19.2. The summed E-state index contributed by atoms with van der Waals surface area (Å²) >= 11 is 0. The minimum Gasteiger partial charge on any atom is -0.459 e. The van der Waals surface area contributed by atoms with Gasteiger partial charge in [0.15, 0.2) is 0 Å². The van der Waals surface area contributed by atoms with Crippen LogP contribution in [0, 0.1) is 11.8 Å². The van der Waals surface area contributed by atoms with Crippen LogP contribution in [0.2, 0.25) is 0 Å². The number of aliphatic hydroxyl groups is 1. The smallest absolute Gasteiger partial charge is 0.410 e. The van der Waals surface area contributed by atoms with Crippen molar-refractivity contribution in [2.45, 2.75) is 88.8 Å². The molecule has 0 bridgehead atoms. The number of carbonyl (C=O) groups is 2. The highest BCUT2D eigenvalue weighted by atomic mass is 19.1. The molecule has 240 valence electrons. The molecule has 1 saturated heterocycles. The Labute approximate surface area is 260 Å². The van der Waals surface area contributed by atoms with Crippen molar-refractivity contribution in [3.8, 4) is 0 Å². The van der Waals surface area contributed by atoms with E-state index in [1.54, 1.807) is 0 Å². The summed E-state index contributed by atoms with van der Waals surface area (Å²) in [7, 11) is 0. The molecule has 1 aliphatic carbocycles. The van der Waals surface area contributed by atoms with Crippen molar-refractivity contribution in [1.29, 1.82) is 0 Å². The molecule has 0 aromatic heterocycles. The Hall–Kier alpha value is -4.35. The van der Waals surface area contributed by atoms with Crippen LogP contribution in [0.5, 0.6) is 0 Å². The summed E-state index contributed by atoms with van der Waals surface area (Å²) in [4.78, 5) is 32.6. The third kappa shape index (κ3) is 8.43. The van der Waals surface area contributed by atoms with Gasteiger partial charge in [-0.3, -0.25) is 9.69 Å². The maximum atomic E-state index is 15.1. The quantitative estimate of drug-likeness (QED) is 0.138. The average Bonchev–Trinajstić information content (AvgIpc) is 3.03. The molecular formula is C31H38FN7O6. The molecule has 1 amide bonds. The van der Waals surface area contributed by atoms with E-state index in [1.165, 1.54) is 11.8 Å². The number of carbonyl (C=O) groups excluding carboxylic acids is 2. The van der Waals surface area contributed by atoms with Gasteiger partial charge in [0.25, 0.3) is 0 Å². The van der Waals surface area contributed by atoms with Crippen molar-refractivity contribution in [2.75, 3.05) is 6.67 Å². The highest BCUT2D eigenvalue weighted by molar-refractivity contribution is 5.68. The second-order valence-corrected chi connectivity index (χ2v) is 11.5. The lowest BCUT2D eigenvalue weighted by molar-refractivity contribution is -0.189. The zero-order chi connectivity index (χ0) is 32.3. The number of halogens is 1. The molecule has 14 heteroatoms. The molecule has 1 heterocycles. The lowest BCUT2D eigenvalue weighted by atomic mass is 9.69. The van der Waals surface area contributed by atoms with E-state index in [9.17, 15) is 20.2 Å². The number of azide groups is 2. The number of nitrogens with zero attached hydrogens (tertiary/aromatic N) is 7. The van der Waals surface area contributed by atoms with Gasteiger partial charge in [0.1, 0.15) is 19.4 Å². The molecule has 3 unspecified atom stereocenters. The van der Waals surface area contributed by atoms with Crippen LogP contribution in [0.1, 0.15) is 44.2 Å². The summed E-state index contributed by atoms with van der Waals surface area (Å²) in [6.45, 7) is 2.11. The zero-order valence-electron chi connectivity index (χ0n) is 25.2. The SMILES string of the molecule is CC(=O)O[C@H]1C(N=[N+]=[N-])C[C@H](C)C([C@H]2O[C@H]([C@@H](CF)N(Cc3ccccc3)C(=O)OCc3ccccc3)CCC2N=[N+]=[N-])[C@@H]1O. The van der Waals surface area contributed by atoms with Gasteiger partial charge in [0.2, 0.25) is 0 Å². The molecule has 1 aliphatic heterocycles. The highest BCUT2D eigenvalue weighted by Crippen LogP contribution is 2.42. The number of rotatable bonds is 11. The van der Waals surface area contributed by atoms with Crippen molar-refractivity contribution in [2.24, 2.45) is 22.1 Å². The first-order valence-corrected chi connectivity index (χ1v) is 14.9. The Balaban J connectivity index is 1.63. The summed E-state index contributed by atoms with van der Waals surface area (Å²) in [6, 6.07) is 15.6. The molecule has 9 atom stereocenters. The molecule has 0 radical (unpaired) electrons. The standard InChI is InChI=1S/C31H38FN7O6/c1-19-15-24(36-38-34)30(44-20(2)40)28(41)27(19)29-23(35-37-33)13-14-26(45-29)25(16-32)39(17-21-9-5-3-6-10-21)31(42)43-18-22-11-7-4-8-12-22/h3-12,19,23-30,41H,13-18H2,1-2H3/t19-,23?,24?,25+,26-,27?,28-,29-,30-/m0/s1. The second kappa shape index (κ2) is 16.1. The Morgan fingerprint density at radius 3 is 2.27 bits per heavy atom. The van der Waals surface area contributed by atoms with E-state index in [2.05, 4.69) is 20.1 Å². The molecule has 2 aliphatic rings. The first-order valence-electron chi connectivity index (χ1n) is 14.9. The van der Waals surface area contributed by atoms with Crippen molar-refractivity contribution in [1.82, 2.24) is 4.90 Å². The molecule has 2 aromatic rings. The van der Waals surface area contributed by atoms with E-state index >= 15 is 4.39 Å². The van der Waals surface area contributed by atoms with Gasteiger partial charge in [-0.25, -0.2) is 9.18 Å². The number of benzene rings is 2. The average molecular weight is 624 g/mol. The number of esters is 1. The lowest BCUT2D eigenvalue weighted by Gasteiger charge is -2.49. The van der Waals surface area contributed by atoms with Gasteiger partial charge in [-0.2, -0.15) is 0 Å². The first kappa shape index (κ1) is 33.5. The minimum absolute atomic E-state index is 0.00720. The minimum atomic E-state index is -1.34. The monoisotopic (exact) mass is 623 g/mol. The Morgan fingerprint density at radius 2 is 1.67 bits per heavy atom. The lowest BCUT2D eigenvalue weighted by Crippen LogP contribution is -2.60. The third-order valence-corrected chi connectivity index (χ3v) is 8.54. The second-order valence-electron chi connectivity index (χ2n) is 11.5. The Kier molecular flexibility index (Phi) is 12.0. The van der Waals surface area contributed by atoms with Crippen LogP contribution in [0.3, 0.4) is 0 Å². The topological polar surface area (TPSA) is 183 Å². The zero-order valence-corrected chi connectivity index (χ0v) is 25.2. The van der Waals surface area contributed by atoms with Gasteiger partial charge >= 0.3 is 12.1 Å². The van der Waals surface area contributed by atoms with Gasteiger partial charge < -0.3 is 19.3 Å². The Bertz CT molecular complexity index is 1380. The van der Waals surface area contributed by atoms with Gasteiger partial charge in [0, 0.05) is 29.2 Å². The predicted molar refractivity (Wildman–Crippen MR) is 161 cm³/mol. The summed E-state index contributed by atoms with van der Waals surface area (Å²) < 4.78 is 32.6. The summed E-state index contributed by atoms with van der Waals surface area (Å²) in [5.74, 6) is -1.73. The van der Waals surface area contributed by atoms with Crippen LogP contribution in [0.25, 0.3) is 20.9 Å².